The number of anilines is 1. The maximum Gasteiger partial charge on any atom is 0.280 e. The van der Waals surface area contributed by atoms with Crippen LogP contribution in [0.2, 0.25) is 0 Å². The van der Waals surface area contributed by atoms with E-state index in [1.165, 1.54) is 29.1 Å². The number of amides is 2. The van der Waals surface area contributed by atoms with Crippen molar-refractivity contribution in [3.63, 3.8) is 0 Å². The fraction of sp³-hybridized carbons (Fsp3) is 0.538. The third kappa shape index (κ3) is 3.78. The third-order valence-electron chi connectivity index (χ3n) is 3.58. The number of likely N-dealkylation sites (tertiary alicyclic amines) is 1. The number of carbonyl (C=O) groups is 2. The number of rotatable bonds is 4. The molecule has 0 spiro atoms. The van der Waals surface area contributed by atoms with Crippen molar-refractivity contribution < 1.29 is 14.5 Å². The van der Waals surface area contributed by atoms with Gasteiger partial charge in [0.1, 0.15) is 5.00 Å². The molecule has 104 valence electrons. The van der Waals surface area contributed by atoms with Gasteiger partial charge in [0.15, 0.2) is 6.54 Å². The van der Waals surface area contributed by atoms with Crippen LogP contribution in [0.5, 0.6) is 0 Å². The van der Waals surface area contributed by atoms with Crippen LogP contribution in [0.1, 0.15) is 30.1 Å². The monoisotopic (exact) mass is 282 g/mol. The van der Waals surface area contributed by atoms with E-state index in [-0.39, 0.29) is 5.91 Å². The summed E-state index contributed by atoms with van der Waals surface area (Å²) in [6.07, 6.45) is 2.35. The maximum absolute atomic E-state index is 12.0. The van der Waals surface area contributed by atoms with E-state index in [1.807, 2.05) is 0 Å². The van der Waals surface area contributed by atoms with Crippen LogP contribution in [0.15, 0.2) is 11.4 Å². The van der Waals surface area contributed by atoms with Crippen LogP contribution < -0.4 is 16.0 Å². The van der Waals surface area contributed by atoms with E-state index in [0.717, 1.165) is 19.0 Å². The molecule has 2 heterocycles. The van der Waals surface area contributed by atoms with Crippen molar-refractivity contribution >= 4 is 28.2 Å². The molecular weight excluding hydrogens is 262 g/mol. The van der Waals surface area contributed by atoms with E-state index >= 15 is 0 Å². The van der Waals surface area contributed by atoms with E-state index in [1.54, 1.807) is 11.4 Å². The Labute approximate surface area is 116 Å². The minimum Gasteiger partial charge on any atom is -0.366 e. The average molecular weight is 282 g/mol. The molecule has 0 unspecified atom stereocenters. The number of quaternary nitrogens is 1. The second kappa shape index (κ2) is 6.16. The van der Waals surface area contributed by atoms with Gasteiger partial charge in [0.2, 0.25) is 0 Å². The lowest BCUT2D eigenvalue weighted by molar-refractivity contribution is -0.897. The fourth-order valence-electron chi connectivity index (χ4n) is 2.35. The summed E-state index contributed by atoms with van der Waals surface area (Å²) >= 11 is 1.33. The summed E-state index contributed by atoms with van der Waals surface area (Å²) in [7, 11) is 0. The standard InChI is InChI=1S/C13H19N3O2S/c1-9-2-5-16(6-3-9)8-11(17)15-13-10(12(14)18)4-7-19-13/h4,7,9H,2-3,5-6,8H2,1H3,(H2,14,18)(H,15,17)/p+1. The lowest BCUT2D eigenvalue weighted by Crippen LogP contribution is -3.14. The predicted molar refractivity (Wildman–Crippen MR) is 75.4 cm³/mol. The molecule has 1 aliphatic rings. The molecule has 0 aromatic carbocycles. The van der Waals surface area contributed by atoms with Crippen LogP contribution in [-0.2, 0) is 4.79 Å². The first-order valence-electron chi connectivity index (χ1n) is 6.57. The predicted octanol–water partition coefficient (Wildman–Crippen LogP) is 0.100. The van der Waals surface area contributed by atoms with E-state index in [4.69, 9.17) is 5.73 Å². The number of nitrogens with two attached hydrogens (primary N) is 1. The Bertz CT molecular complexity index is 464. The Morgan fingerprint density at radius 1 is 1.47 bits per heavy atom. The van der Waals surface area contributed by atoms with Crippen molar-refractivity contribution in [2.24, 2.45) is 11.7 Å². The highest BCUT2D eigenvalue weighted by atomic mass is 32.1. The van der Waals surface area contributed by atoms with Crippen molar-refractivity contribution in [3.8, 4) is 0 Å². The topological polar surface area (TPSA) is 76.6 Å². The van der Waals surface area contributed by atoms with Crippen molar-refractivity contribution in [1.82, 2.24) is 0 Å². The van der Waals surface area contributed by atoms with Crippen molar-refractivity contribution in [1.29, 1.82) is 0 Å². The first-order chi connectivity index (χ1) is 9.06. The van der Waals surface area contributed by atoms with Gasteiger partial charge in [0, 0.05) is 0 Å². The molecule has 5 nitrogen and oxygen atoms in total. The molecule has 1 aromatic rings. The van der Waals surface area contributed by atoms with Gasteiger partial charge in [-0.25, -0.2) is 0 Å². The van der Waals surface area contributed by atoms with Crippen molar-refractivity contribution in [2.75, 3.05) is 25.0 Å². The summed E-state index contributed by atoms with van der Waals surface area (Å²) in [5.41, 5.74) is 5.63. The van der Waals surface area contributed by atoms with Crippen molar-refractivity contribution in [2.45, 2.75) is 19.8 Å². The average Bonchev–Trinajstić information content (AvgIpc) is 2.80. The molecule has 4 N–H and O–H groups in total. The number of carbonyl (C=O) groups excluding carboxylic acids is 2. The summed E-state index contributed by atoms with van der Waals surface area (Å²) in [6.45, 7) is 4.80. The molecule has 1 saturated heterocycles. The molecule has 0 aliphatic carbocycles. The van der Waals surface area contributed by atoms with Gasteiger partial charge in [-0.05, 0) is 30.2 Å². The maximum atomic E-state index is 12.0. The first kappa shape index (κ1) is 14.0. The fourth-order valence-corrected chi connectivity index (χ4v) is 3.15. The van der Waals surface area contributed by atoms with Crippen LogP contribution in [-0.4, -0.2) is 31.4 Å². The number of piperidine rings is 1. The second-order valence-electron chi connectivity index (χ2n) is 5.19. The van der Waals surface area contributed by atoms with Gasteiger partial charge in [0.05, 0.1) is 18.7 Å². The highest BCUT2D eigenvalue weighted by Gasteiger charge is 2.22. The van der Waals surface area contributed by atoms with Gasteiger partial charge in [-0.15, -0.1) is 11.3 Å². The molecule has 0 saturated carbocycles. The highest BCUT2D eigenvalue weighted by Crippen LogP contribution is 2.22. The molecule has 2 amide bonds. The molecule has 2 rings (SSSR count). The molecule has 0 atom stereocenters. The second-order valence-corrected chi connectivity index (χ2v) is 6.10. The smallest absolute Gasteiger partial charge is 0.280 e. The largest absolute Gasteiger partial charge is 0.366 e. The molecule has 1 aromatic heterocycles. The minimum absolute atomic E-state index is 0.0468. The third-order valence-corrected chi connectivity index (χ3v) is 4.41. The molecular formula is C13H20N3O2S+. The van der Waals surface area contributed by atoms with Gasteiger partial charge in [-0.2, -0.15) is 0 Å². The van der Waals surface area contributed by atoms with Gasteiger partial charge < -0.3 is 16.0 Å². The zero-order chi connectivity index (χ0) is 13.8. The Hall–Kier alpha value is -1.40. The van der Waals surface area contributed by atoms with Crippen LogP contribution >= 0.6 is 11.3 Å². The van der Waals surface area contributed by atoms with E-state index in [9.17, 15) is 9.59 Å². The number of nitrogens with one attached hydrogen (secondary N) is 2. The van der Waals surface area contributed by atoms with Crippen LogP contribution in [0, 0.1) is 5.92 Å². The van der Waals surface area contributed by atoms with Crippen LogP contribution in [0.3, 0.4) is 0 Å². The summed E-state index contributed by atoms with van der Waals surface area (Å²) in [6, 6.07) is 1.64. The molecule has 1 fully saturated rings. The molecule has 0 radical (unpaired) electrons. The van der Waals surface area contributed by atoms with E-state index in [0.29, 0.717) is 17.1 Å². The van der Waals surface area contributed by atoms with Crippen LogP contribution in [0.25, 0.3) is 0 Å². The number of hydrogen-bond acceptors (Lipinski definition) is 3. The molecule has 0 bridgehead atoms. The quantitative estimate of drug-likeness (QED) is 0.732. The first-order valence-corrected chi connectivity index (χ1v) is 7.45. The van der Waals surface area contributed by atoms with E-state index < -0.39 is 5.91 Å². The summed E-state index contributed by atoms with van der Waals surface area (Å²) in [5, 5.41) is 5.10. The Kier molecular flexibility index (Phi) is 4.55. The lowest BCUT2D eigenvalue weighted by atomic mass is 9.99. The van der Waals surface area contributed by atoms with Crippen LogP contribution in [0.4, 0.5) is 5.00 Å². The number of primary amides is 1. The lowest BCUT2D eigenvalue weighted by Gasteiger charge is -2.26. The zero-order valence-corrected chi connectivity index (χ0v) is 11.9. The Balaban J connectivity index is 1.87. The Morgan fingerprint density at radius 2 is 2.16 bits per heavy atom. The van der Waals surface area contributed by atoms with Crippen molar-refractivity contribution in [3.05, 3.63) is 17.0 Å². The number of thiophene rings is 1. The van der Waals surface area contributed by atoms with Gasteiger partial charge >= 0.3 is 0 Å². The van der Waals surface area contributed by atoms with Gasteiger partial charge in [-0.1, -0.05) is 6.92 Å². The molecule has 1 aliphatic heterocycles. The normalized spacial score (nSPS) is 23.0. The minimum atomic E-state index is -0.504. The summed E-state index contributed by atoms with van der Waals surface area (Å²) in [4.78, 5) is 24.4. The number of hydrogen-bond donors (Lipinski definition) is 3. The molecule has 6 heteroatoms. The summed E-state index contributed by atoms with van der Waals surface area (Å²) < 4.78 is 0. The Morgan fingerprint density at radius 3 is 2.79 bits per heavy atom. The SMILES string of the molecule is CC1CC[NH+](CC(=O)Nc2sccc2C(N)=O)CC1. The zero-order valence-electron chi connectivity index (χ0n) is 11.1. The van der Waals surface area contributed by atoms with Gasteiger partial charge in [0.25, 0.3) is 11.8 Å². The molecule has 19 heavy (non-hydrogen) atoms. The summed E-state index contributed by atoms with van der Waals surface area (Å²) in [5.74, 6) is 0.218. The highest BCUT2D eigenvalue weighted by molar-refractivity contribution is 7.14. The van der Waals surface area contributed by atoms with E-state index in [2.05, 4.69) is 12.2 Å². The van der Waals surface area contributed by atoms with Gasteiger partial charge in [-0.3, -0.25) is 9.59 Å².